The van der Waals surface area contributed by atoms with Crippen LogP contribution in [0.3, 0.4) is 0 Å². The maximum atomic E-state index is 12.3. The molecule has 8 heteroatoms. The van der Waals surface area contributed by atoms with Crippen LogP contribution in [-0.2, 0) is 16.0 Å². The zero-order chi connectivity index (χ0) is 20.2. The standard InChI is InChI=1S/C19H26N4O4/c1-19(2,3)27-18(25)22-15-11-13(16(20)23(26)17(15)24)14(21-4)10-12-8-6-5-7-9-12/h5-9,15,20-21,26H,10-11H2,1-4H3,(H,22,25)/b14-13-,20-16?. The molecule has 2 rings (SSSR count). The van der Waals surface area contributed by atoms with Crippen molar-refractivity contribution < 1.29 is 19.5 Å². The lowest BCUT2D eigenvalue weighted by Crippen LogP contribution is -2.55. The van der Waals surface area contributed by atoms with Crippen LogP contribution in [0, 0.1) is 5.41 Å². The molecule has 8 nitrogen and oxygen atoms in total. The summed E-state index contributed by atoms with van der Waals surface area (Å²) in [5, 5.41) is 23.9. The maximum absolute atomic E-state index is 12.3. The van der Waals surface area contributed by atoms with E-state index in [2.05, 4.69) is 10.6 Å². The summed E-state index contributed by atoms with van der Waals surface area (Å²) in [4.78, 5) is 24.3. The number of ether oxygens (including phenoxy) is 1. The highest BCUT2D eigenvalue weighted by Crippen LogP contribution is 2.23. The van der Waals surface area contributed by atoms with Crippen LogP contribution in [0.1, 0.15) is 32.8 Å². The van der Waals surface area contributed by atoms with Crippen LogP contribution in [0.2, 0.25) is 0 Å². The normalized spacial score (nSPS) is 19.6. The van der Waals surface area contributed by atoms with Gasteiger partial charge in [0.1, 0.15) is 11.6 Å². The van der Waals surface area contributed by atoms with E-state index in [1.165, 1.54) is 0 Å². The van der Waals surface area contributed by atoms with Gasteiger partial charge in [-0.25, -0.2) is 4.79 Å². The molecule has 1 unspecified atom stereocenters. The molecular formula is C19H26N4O4. The van der Waals surface area contributed by atoms with Gasteiger partial charge in [-0.1, -0.05) is 30.3 Å². The van der Waals surface area contributed by atoms with Gasteiger partial charge in [0, 0.05) is 31.2 Å². The van der Waals surface area contributed by atoms with Gasteiger partial charge in [0.05, 0.1) is 0 Å². The van der Waals surface area contributed by atoms with Crippen LogP contribution in [0.25, 0.3) is 0 Å². The van der Waals surface area contributed by atoms with Crippen molar-refractivity contribution in [2.75, 3.05) is 7.05 Å². The summed E-state index contributed by atoms with van der Waals surface area (Å²) in [5.41, 5.74) is 1.44. The second-order valence-corrected chi connectivity index (χ2v) is 7.27. The average molecular weight is 374 g/mol. The molecule has 1 aliphatic heterocycles. The summed E-state index contributed by atoms with van der Waals surface area (Å²) in [6.07, 6.45) is -0.177. The summed E-state index contributed by atoms with van der Waals surface area (Å²) in [7, 11) is 1.72. The number of allylic oxidation sites excluding steroid dienone is 1. The van der Waals surface area contributed by atoms with E-state index in [0.29, 0.717) is 17.7 Å². The van der Waals surface area contributed by atoms with Gasteiger partial charge in [-0.3, -0.25) is 15.4 Å². The number of nitrogens with zero attached hydrogens (tertiary/aromatic N) is 1. The lowest BCUT2D eigenvalue weighted by Gasteiger charge is -2.32. The Morgan fingerprint density at radius 2 is 1.96 bits per heavy atom. The highest BCUT2D eigenvalue weighted by Gasteiger charge is 2.38. The van der Waals surface area contributed by atoms with E-state index in [9.17, 15) is 14.8 Å². The van der Waals surface area contributed by atoms with Crippen molar-refractivity contribution >= 4 is 17.8 Å². The zero-order valence-corrected chi connectivity index (χ0v) is 16.0. The van der Waals surface area contributed by atoms with E-state index >= 15 is 0 Å². The van der Waals surface area contributed by atoms with Crippen LogP contribution in [0.5, 0.6) is 0 Å². The molecule has 0 spiro atoms. The lowest BCUT2D eigenvalue weighted by atomic mass is 9.95. The van der Waals surface area contributed by atoms with Crippen LogP contribution in [-0.4, -0.2) is 46.8 Å². The Balaban J connectivity index is 2.25. The van der Waals surface area contributed by atoms with Gasteiger partial charge in [-0.2, -0.15) is 5.06 Å². The van der Waals surface area contributed by atoms with Gasteiger partial charge in [-0.05, 0) is 26.3 Å². The number of hydrogen-bond donors (Lipinski definition) is 4. The average Bonchev–Trinajstić information content (AvgIpc) is 2.60. The molecule has 0 saturated carbocycles. The van der Waals surface area contributed by atoms with Crippen molar-refractivity contribution in [1.82, 2.24) is 15.7 Å². The molecule has 1 aromatic carbocycles. The second kappa shape index (κ2) is 8.22. The van der Waals surface area contributed by atoms with Gasteiger partial charge >= 0.3 is 6.09 Å². The zero-order valence-electron chi connectivity index (χ0n) is 16.0. The Bertz CT molecular complexity index is 753. The van der Waals surface area contributed by atoms with E-state index in [-0.39, 0.29) is 17.3 Å². The number of amides is 2. The molecule has 1 atom stereocenters. The van der Waals surface area contributed by atoms with Gasteiger partial charge in [0.2, 0.25) is 0 Å². The largest absolute Gasteiger partial charge is 0.444 e. The molecule has 1 heterocycles. The Morgan fingerprint density at radius 3 is 2.52 bits per heavy atom. The predicted molar refractivity (Wildman–Crippen MR) is 100 cm³/mol. The first-order valence-corrected chi connectivity index (χ1v) is 8.67. The van der Waals surface area contributed by atoms with E-state index in [1.807, 2.05) is 30.3 Å². The number of carbonyl (C=O) groups excluding carboxylic acids is 2. The third-order valence-corrected chi connectivity index (χ3v) is 3.99. The number of rotatable bonds is 4. The minimum absolute atomic E-state index is 0.0803. The first-order chi connectivity index (χ1) is 12.6. The number of carbonyl (C=O) groups is 2. The van der Waals surface area contributed by atoms with Crippen molar-refractivity contribution in [3.05, 3.63) is 47.2 Å². The Kier molecular flexibility index (Phi) is 6.22. The molecular weight excluding hydrogens is 348 g/mol. The molecule has 4 N–H and O–H groups in total. The van der Waals surface area contributed by atoms with Gasteiger partial charge in [0.25, 0.3) is 5.91 Å². The maximum Gasteiger partial charge on any atom is 0.408 e. The van der Waals surface area contributed by atoms with Crippen LogP contribution in [0.4, 0.5) is 4.79 Å². The number of likely N-dealkylation sites (N-methyl/N-ethyl adjacent to an activating group) is 1. The first kappa shape index (κ1) is 20.4. The Labute approximate surface area is 158 Å². The van der Waals surface area contributed by atoms with Crippen LogP contribution < -0.4 is 10.6 Å². The van der Waals surface area contributed by atoms with E-state index in [1.54, 1.807) is 27.8 Å². The number of piperidine rings is 1. The molecule has 0 bridgehead atoms. The second-order valence-electron chi connectivity index (χ2n) is 7.27. The van der Waals surface area contributed by atoms with E-state index in [4.69, 9.17) is 10.1 Å². The highest BCUT2D eigenvalue weighted by molar-refractivity contribution is 6.10. The highest BCUT2D eigenvalue weighted by atomic mass is 16.6. The fourth-order valence-electron chi connectivity index (χ4n) is 2.75. The number of hydrogen-bond acceptors (Lipinski definition) is 6. The Morgan fingerprint density at radius 1 is 1.33 bits per heavy atom. The quantitative estimate of drug-likeness (QED) is 0.603. The van der Waals surface area contributed by atoms with Crippen LogP contribution in [0.15, 0.2) is 41.6 Å². The van der Waals surface area contributed by atoms with Gasteiger partial charge in [0.15, 0.2) is 5.84 Å². The molecule has 27 heavy (non-hydrogen) atoms. The van der Waals surface area contributed by atoms with Gasteiger partial charge < -0.3 is 15.4 Å². The molecule has 1 aliphatic rings. The van der Waals surface area contributed by atoms with Crippen molar-refractivity contribution in [2.24, 2.45) is 0 Å². The summed E-state index contributed by atoms with van der Waals surface area (Å²) < 4.78 is 5.18. The first-order valence-electron chi connectivity index (χ1n) is 8.67. The molecule has 1 aromatic rings. The fourth-order valence-corrected chi connectivity index (χ4v) is 2.75. The summed E-state index contributed by atoms with van der Waals surface area (Å²) in [5.74, 6) is -1.08. The van der Waals surface area contributed by atoms with E-state index < -0.39 is 23.6 Å². The van der Waals surface area contributed by atoms with Crippen molar-refractivity contribution in [3.8, 4) is 0 Å². The number of benzene rings is 1. The SMILES string of the molecule is CN/C(Cc1ccccc1)=C1/CC(NC(=O)OC(C)(C)C)C(=O)N(O)C1=N. The molecule has 0 radical (unpaired) electrons. The molecule has 2 amide bonds. The van der Waals surface area contributed by atoms with Crippen LogP contribution >= 0.6 is 0 Å². The fraction of sp³-hybridized carbons (Fsp3) is 0.421. The topological polar surface area (TPSA) is 115 Å². The van der Waals surface area contributed by atoms with E-state index in [0.717, 1.165) is 5.56 Å². The van der Waals surface area contributed by atoms with Crippen molar-refractivity contribution in [1.29, 1.82) is 5.41 Å². The molecule has 0 aromatic heterocycles. The summed E-state index contributed by atoms with van der Waals surface area (Å²) in [6, 6.07) is 8.61. The van der Waals surface area contributed by atoms with Crippen molar-refractivity contribution in [2.45, 2.75) is 45.3 Å². The number of nitrogens with one attached hydrogen (secondary N) is 3. The third-order valence-electron chi connectivity index (χ3n) is 3.99. The summed E-state index contributed by atoms with van der Waals surface area (Å²) >= 11 is 0. The predicted octanol–water partition coefficient (Wildman–Crippen LogP) is 2.19. The molecule has 0 aliphatic carbocycles. The number of alkyl carbamates (subject to hydrolysis) is 1. The molecule has 1 fully saturated rings. The molecule has 146 valence electrons. The Hall–Kier alpha value is -2.87. The minimum atomic E-state index is -1.02. The third kappa shape index (κ3) is 5.30. The monoisotopic (exact) mass is 374 g/mol. The smallest absolute Gasteiger partial charge is 0.408 e. The molecule has 1 saturated heterocycles. The summed E-state index contributed by atoms with van der Waals surface area (Å²) in [6.45, 7) is 5.15. The van der Waals surface area contributed by atoms with Gasteiger partial charge in [-0.15, -0.1) is 0 Å². The minimum Gasteiger partial charge on any atom is -0.444 e. The lowest BCUT2D eigenvalue weighted by molar-refractivity contribution is -0.153. The van der Waals surface area contributed by atoms with Crippen molar-refractivity contribution in [3.63, 3.8) is 0 Å². The number of amidine groups is 1. The number of hydroxylamine groups is 2.